The summed E-state index contributed by atoms with van der Waals surface area (Å²) in [4.78, 5) is 82.5. The number of hydrogen-bond acceptors (Lipinski definition) is 8. The molecule has 0 heterocycles. The first-order valence-corrected chi connectivity index (χ1v) is 16.1. The minimum Gasteiger partial charge on any atom is -0.507 e. The molecule has 2 fully saturated rings. The molecule has 2 N–H and O–H groups in total. The number of carbonyl (C=O) groups is 6. The summed E-state index contributed by atoms with van der Waals surface area (Å²) in [5, 5.41) is 23.8. The first kappa shape index (κ1) is 33.6. The second kappa shape index (κ2) is 11.2. The maximum Gasteiger partial charge on any atom is 0.190 e. The van der Waals surface area contributed by atoms with Crippen LogP contribution in [0.5, 0.6) is 5.75 Å². The number of carbonyl (C=O) groups excluding carboxylic acids is 6. The maximum absolute atomic E-state index is 14.6. The standard InChI is InChI=1S/C38H44O8/c1-18(2)25-15-23(14-24(40)13-22-11-9-10-20(5)12-22)31(41)28-26(25)16-36(7)17-37(8)29(19(3)4)32(42)27(21(6)39)34(44)38(37,46)35(45)30(36)33(28)43/h9-12,15,18-19,27,29-30,41,46H,13-14,16-17H2,1-8H3/t27?,29?,30?,36-,37-,38+/m1/s1. The fourth-order valence-corrected chi connectivity index (χ4v) is 9.26. The highest BCUT2D eigenvalue weighted by atomic mass is 16.3. The monoisotopic (exact) mass is 628 g/mol. The summed E-state index contributed by atoms with van der Waals surface area (Å²) < 4.78 is 0. The highest BCUT2D eigenvalue weighted by Crippen LogP contribution is 2.64. The van der Waals surface area contributed by atoms with Crippen LogP contribution in [0.25, 0.3) is 0 Å². The zero-order chi connectivity index (χ0) is 34.3. The third-order valence-electron chi connectivity index (χ3n) is 11.0. The number of rotatable bonds is 7. The first-order chi connectivity index (χ1) is 21.3. The van der Waals surface area contributed by atoms with E-state index in [1.165, 1.54) is 0 Å². The third-order valence-corrected chi connectivity index (χ3v) is 11.0. The molecular weight excluding hydrogens is 584 g/mol. The molecule has 6 atom stereocenters. The van der Waals surface area contributed by atoms with E-state index in [1.54, 1.807) is 33.8 Å². The smallest absolute Gasteiger partial charge is 0.190 e. The molecule has 244 valence electrons. The van der Waals surface area contributed by atoms with E-state index in [1.807, 2.05) is 45.0 Å². The number of phenols is 1. The number of phenolic OH excluding ortho intramolecular Hbond substituents is 1. The van der Waals surface area contributed by atoms with Gasteiger partial charge in [0.15, 0.2) is 28.7 Å². The summed E-state index contributed by atoms with van der Waals surface area (Å²) >= 11 is 0. The number of benzene rings is 2. The highest BCUT2D eigenvalue weighted by molar-refractivity contribution is 6.32. The Kier molecular flexibility index (Phi) is 8.16. The third kappa shape index (κ3) is 4.74. The fraction of sp³-hybridized carbons (Fsp3) is 0.526. The van der Waals surface area contributed by atoms with Gasteiger partial charge in [0.2, 0.25) is 0 Å². The SMILES string of the molecule is CC(=O)C1C(=O)C(C(C)C)[C@@]2(C)C[C@@]3(C)Cc4c(C(C)C)cc(CC(=O)Cc5cccc(C)c5)c(O)c4C(=O)C3C(=O)[C@@]2(O)C1=O. The maximum atomic E-state index is 14.6. The van der Waals surface area contributed by atoms with Crippen molar-refractivity contribution in [1.82, 2.24) is 0 Å². The number of aliphatic hydroxyl groups is 1. The highest BCUT2D eigenvalue weighted by Gasteiger charge is 2.76. The molecule has 0 aliphatic heterocycles. The van der Waals surface area contributed by atoms with E-state index in [4.69, 9.17) is 0 Å². The predicted molar refractivity (Wildman–Crippen MR) is 171 cm³/mol. The summed E-state index contributed by atoms with van der Waals surface area (Å²) in [5.41, 5.74) is -2.00. The van der Waals surface area contributed by atoms with Gasteiger partial charge in [-0.3, -0.25) is 28.8 Å². The predicted octanol–water partition coefficient (Wildman–Crippen LogP) is 4.88. The lowest BCUT2D eigenvalue weighted by Gasteiger charge is -2.62. The molecule has 0 radical (unpaired) electrons. The topological polar surface area (TPSA) is 143 Å². The number of ketones is 6. The van der Waals surface area contributed by atoms with Crippen LogP contribution >= 0.6 is 0 Å². The van der Waals surface area contributed by atoms with E-state index in [0.29, 0.717) is 5.56 Å². The Balaban J connectivity index is 1.64. The number of Topliss-reactive ketones (excluding diaryl/α,β-unsaturated/α-hetero) is 6. The van der Waals surface area contributed by atoms with Gasteiger partial charge in [0.05, 0.1) is 11.5 Å². The van der Waals surface area contributed by atoms with Gasteiger partial charge in [-0.2, -0.15) is 0 Å². The second-order valence-electron chi connectivity index (χ2n) is 15.2. The van der Waals surface area contributed by atoms with Crippen molar-refractivity contribution in [2.75, 3.05) is 0 Å². The van der Waals surface area contributed by atoms with Gasteiger partial charge in [-0.25, -0.2) is 0 Å². The van der Waals surface area contributed by atoms with E-state index in [0.717, 1.165) is 23.6 Å². The Morgan fingerprint density at radius 2 is 1.63 bits per heavy atom. The molecule has 0 spiro atoms. The van der Waals surface area contributed by atoms with Crippen molar-refractivity contribution in [2.45, 2.75) is 92.6 Å². The van der Waals surface area contributed by atoms with Crippen LogP contribution in [-0.2, 0) is 43.2 Å². The van der Waals surface area contributed by atoms with Gasteiger partial charge in [0.25, 0.3) is 0 Å². The summed E-state index contributed by atoms with van der Waals surface area (Å²) in [6.07, 6.45) is 0.189. The molecule has 3 unspecified atom stereocenters. The van der Waals surface area contributed by atoms with Crippen molar-refractivity contribution < 1.29 is 39.0 Å². The molecule has 2 saturated carbocycles. The minimum atomic E-state index is -2.75. The molecule has 2 aromatic carbocycles. The van der Waals surface area contributed by atoms with Crippen LogP contribution < -0.4 is 0 Å². The van der Waals surface area contributed by atoms with Crippen molar-refractivity contribution in [3.8, 4) is 5.75 Å². The lowest BCUT2D eigenvalue weighted by molar-refractivity contribution is -0.205. The Morgan fingerprint density at radius 1 is 0.978 bits per heavy atom. The van der Waals surface area contributed by atoms with E-state index in [-0.39, 0.29) is 54.3 Å². The van der Waals surface area contributed by atoms with Gasteiger partial charge in [0, 0.05) is 29.7 Å². The Morgan fingerprint density at radius 3 is 2.20 bits per heavy atom. The Labute approximate surface area is 270 Å². The largest absolute Gasteiger partial charge is 0.507 e. The van der Waals surface area contributed by atoms with Crippen LogP contribution in [-0.4, -0.2) is 50.5 Å². The first-order valence-electron chi connectivity index (χ1n) is 16.1. The van der Waals surface area contributed by atoms with Gasteiger partial charge in [0.1, 0.15) is 23.2 Å². The summed E-state index contributed by atoms with van der Waals surface area (Å²) in [5.74, 6) is -9.59. The molecular formula is C38H44O8. The van der Waals surface area contributed by atoms with Crippen molar-refractivity contribution in [1.29, 1.82) is 0 Å². The quantitative estimate of drug-likeness (QED) is 0.413. The minimum absolute atomic E-state index is 0.00192. The van der Waals surface area contributed by atoms with Crippen molar-refractivity contribution in [3.05, 3.63) is 63.7 Å². The molecule has 8 heteroatoms. The molecule has 0 aromatic heterocycles. The Hall–Kier alpha value is -3.78. The van der Waals surface area contributed by atoms with E-state index < -0.39 is 69.0 Å². The number of aromatic hydroxyl groups is 1. The zero-order valence-corrected chi connectivity index (χ0v) is 27.9. The summed E-state index contributed by atoms with van der Waals surface area (Å²) in [6.45, 7) is 13.8. The second-order valence-corrected chi connectivity index (χ2v) is 15.2. The molecule has 2 aromatic rings. The van der Waals surface area contributed by atoms with Crippen LogP contribution in [0.3, 0.4) is 0 Å². The van der Waals surface area contributed by atoms with Gasteiger partial charge in [-0.05, 0) is 60.6 Å². The molecule has 8 nitrogen and oxygen atoms in total. The van der Waals surface area contributed by atoms with E-state index in [2.05, 4.69) is 0 Å². The van der Waals surface area contributed by atoms with Gasteiger partial charge in [-0.15, -0.1) is 0 Å². The summed E-state index contributed by atoms with van der Waals surface area (Å²) in [6, 6.07) is 9.35. The van der Waals surface area contributed by atoms with Crippen LogP contribution in [0, 0.1) is 41.4 Å². The van der Waals surface area contributed by atoms with Crippen LogP contribution in [0.1, 0.15) is 99.0 Å². The van der Waals surface area contributed by atoms with Crippen LogP contribution in [0.4, 0.5) is 0 Å². The number of aryl methyl sites for hydroxylation is 1. The van der Waals surface area contributed by atoms with Crippen molar-refractivity contribution >= 4 is 34.7 Å². The van der Waals surface area contributed by atoms with Crippen LogP contribution in [0.2, 0.25) is 0 Å². The fourth-order valence-electron chi connectivity index (χ4n) is 9.26. The molecule has 0 saturated heterocycles. The molecule has 46 heavy (non-hydrogen) atoms. The summed E-state index contributed by atoms with van der Waals surface area (Å²) in [7, 11) is 0. The molecule has 5 rings (SSSR count). The number of fused-ring (bicyclic) bond motifs is 3. The lowest BCUT2D eigenvalue weighted by atomic mass is 9.39. The van der Waals surface area contributed by atoms with E-state index in [9.17, 15) is 39.0 Å². The van der Waals surface area contributed by atoms with Crippen molar-refractivity contribution in [2.24, 2.45) is 34.5 Å². The van der Waals surface area contributed by atoms with Gasteiger partial charge < -0.3 is 10.2 Å². The number of hydrogen-bond donors (Lipinski definition) is 2. The molecule has 3 aliphatic carbocycles. The Bertz CT molecular complexity index is 1720. The lowest BCUT2D eigenvalue weighted by Crippen LogP contribution is -2.76. The van der Waals surface area contributed by atoms with Gasteiger partial charge in [-0.1, -0.05) is 77.4 Å². The average molecular weight is 629 g/mol. The van der Waals surface area contributed by atoms with Crippen molar-refractivity contribution in [3.63, 3.8) is 0 Å². The van der Waals surface area contributed by atoms with E-state index >= 15 is 0 Å². The zero-order valence-electron chi connectivity index (χ0n) is 27.9. The normalized spacial score (nSPS) is 30.7. The van der Waals surface area contributed by atoms with Crippen LogP contribution in [0.15, 0.2) is 30.3 Å². The average Bonchev–Trinajstić information content (AvgIpc) is 2.91. The molecule has 0 amide bonds. The molecule has 3 aliphatic rings. The van der Waals surface area contributed by atoms with Gasteiger partial charge >= 0.3 is 0 Å². The molecule has 0 bridgehead atoms.